The molecule has 0 spiro atoms. The van der Waals surface area contributed by atoms with Crippen molar-refractivity contribution in [2.24, 2.45) is 0 Å². The van der Waals surface area contributed by atoms with Crippen molar-refractivity contribution in [2.45, 2.75) is 38.9 Å². The number of anilines is 3. The van der Waals surface area contributed by atoms with Gasteiger partial charge in [-0.15, -0.1) is 0 Å². The number of nitrogens with one attached hydrogen (secondary N) is 1. The van der Waals surface area contributed by atoms with Gasteiger partial charge in [-0.2, -0.15) is 13.2 Å². The maximum Gasteiger partial charge on any atom is 0.419 e. The minimum Gasteiger partial charge on any atom is -0.398 e. The summed E-state index contributed by atoms with van der Waals surface area (Å²) in [6.45, 7) is 6.30. The van der Waals surface area contributed by atoms with Crippen LogP contribution in [0.25, 0.3) is 11.4 Å². The monoisotopic (exact) mass is 394 g/mol. The number of nitrogens with two attached hydrogens (primary N) is 2. The van der Waals surface area contributed by atoms with Gasteiger partial charge < -0.3 is 21.7 Å². The Kier molecular flexibility index (Phi) is 5.64. The molecular weight excluding hydrogens is 369 g/mol. The number of nitrogen functional groups attached to an aromatic ring is 2. The number of benzene rings is 1. The lowest BCUT2D eigenvalue weighted by atomic mass is 10.0. The lowest BCUT2D eigenvalue weighted by Gasteiger charge is -2.35. The Hall–Kier alpha value is -2.55. The Morgan fingerprint density at radius 1 is 1.21 bits per heavy atom. The van der Waals surface area contributed by atoms with Crippen LogP contribution in [0.1, 0.15) is 31.5 Å². The fourth-order valence-electron chi connectivity index (χ4n) is 3.49. The summed E-state index contributed by atoms with van der Waals surface area (Å²) in [4.78, 5) is 11.0. The van der Waals surface area contributed by atoms with Gasteiger partial charge in [0.25, 0.3) is 0 Å². The van der Waals surface area contributed by atoms with Crippen molar-refractivity contribution in [1.82, 2.24) is 15.3 Å². The number of hydrogen-bond donors (Lipinski definition) is 3. The van der Waals surface area contributed by atoms with Gasteiger partial charge in [-0.1, -0.05) is 13.3 Å². The van der Waals surface area contributed by atoms with E-state index in [0.29, 0.717) is 24.5 Å². The van der Waals surface area contributed by atoms with E-state index in [2.05, 4.69) is 20.2 Å². The number of hydrogen-bond acceptors (Lipinski definition) is 6. The molecular formula is C19H25F3N6. The summed E-state index contributed by atoms with van der Waals surface area (Å²) >= 11 is 0. The van der Waals surface area contributed by atoms with E-state index in [0.717, 1.165) is 25.6 Å². The standard InChI is InChI=1S/C19H25F3N6/c1-3-4-12-9-15(28-8-7-25-10-11(28)2)27-18(26-12)16-13(23)5-6-14(24)17(16)19(20,21)22/h5-6,9,11,25H,3-4,7-8,10,23-24H2,1-2H3. The largest absolute Gasteiger partial charge is 0.419 e. The average Bonchev–Trinajstić information content (AvgIpc) is 2.62. The van der Waals surface area contributed by atoms with E-state index in [4.69, 9.17) is 11.5 Å². The summed E-state index contributed by atoms with van der Waals surface area (Å²) in [5.41, 5.74) is 10.6. The molecule has 0 amide bonds. The molecule has 5 N–H and O–H groups in total. The second-order valence-corrected chi connectivity index (χ2v) is 7.03. The average molecular weight is 394 g/mol. The highest BCUT2D eigenvalue weighted by Crippen LogP contribution is 2.43. The van der Waals surface area contributed by atoms with Gasteiger partial charge in [0, 0.05) is 48.8 Å². The van der Waals surface area contributed by atoms with Crippen molar-refractivity contribution in [2.75, 3.05) is 36.0 Å². The molecule has 1 aromatic carbocycles. The highest BCUT2D eigenvalue weighted by molar-refractivity contribution is 5.81. The van der Waals surface area contributed by atoms with Crippen LogP contribution in [0.3, 0.4) is 0 Å². The Balaban J connectivity index is 2.21. The number of aromatic nitrogens is 2. The van der Waals surface area contributed by atoms with Crippen LogP contribution >= 0.6 is 0 Å². The predicted molar refractivity (Wildman–Crippen MR) is 105 cm³/mol. The molecule has 28 heavy (non-hydrogen) atoms. The van der Waals surface area contributed by atoms with Crippen molar-refractivity contribution in [3.63, 3.8) is 0 Å². The maximum absolute atomic E-state index is 13.7. The molecule has 1 unspecified atom stereocenters. The molecule has 1 fully saturated rings. The molecule has 9 heteroatoms. The van der Waals surface area contributed by atoms with E-state index in [1.54, 1.807) is 0 Å². The first-order chi connectivity index (χ1) is 13.2. The molecule has 1 saturated heterocycles. The molecule has 1 aliphatic rings. The van der Waals surface area contributed by atoms with E-state index < -0.39 is 17.4 Å². The van der Waals surface area contributed by atoms with Crippen LogP contribution in [0.4, 0.5) is 30.4 Å². The van der Waals surface area contributed by atoms with Gasteiger partial charge >= 0.3 is 6.18 Å². The summed E-state index contributed by atoms with van der Waals surface area (Å²) < 4.78 is 41.2. The van der Waals surface area contributed by atoms with Crippen LogP contribution in [0.5, 0.6) is 0 Å². The van der Waals surface area contributed by atoms with Crippen LogP contribution in [0.2, 0.25) is 0 Å². The zero-order valence-corrected chi connectivity index (χ0v) is 16.0. The normalized spacial score (nSPS) is 17.8. The Labute approximate surface area is 162 Å². The van der Waals surface area contributed by atoms with Gasteiger partial charge in [0.1, 0.15) is 5.82 Å². The predicted octanol–water partition coefficient (Wildman–Crippen LogP) is 3.08. The van der Waals surface area contributed by atoms with E-state index in [1.165, 1.54) is 6.07 Å². The Morgan fingerprint density at radius 2 is 1.93 bits per heavy atom. The first-order valence-electron chi connectivity index (χ1n) is 9.33. The lowest BCUT2D eigenvalue weighted by molar-refractivity contribution is -0.136. The molecule has 2 heterocycles. The molecule has 2 aromatic rings. The first-order valence-corrected chi connectivity index (χ1v) is 9.33. The topological polar surface area (TPSA) is 93.1 Å². The third kappa shape index (κ3) is 3.99. The van der Waals surface area contributed by atoms with Gasteiger partial charge in [-0.25, -0.2) is 9.97 Å². The second kappa shape index (κ2) is 7.83. The summed E-state index contributed by atoms with van der Waals surface area (Å²) in [7, 11) is 0. The van der Waals surface area contributed by atoms with Gasteiger partial charge in [0.15, 0.2) is 5.82 Å². The molecule has 1 aliphatic heterocycles. The number of halogens is 3. The molecule has 0 aliphatic carbocycles. The highest BCUT2D eigenvalue weighted by Gasteiger charge is 2.38. The molecule has 6 nitrogen and oxygen atoms in total. The number of aryl methyl sites for hydroxylation is 1. The van der Waals surface area contributed by atoms with Gasteiger partial charge in [-0.05, 0) is 25.5 Å². The highest BCUT2D eigenvalue weighted by atomic mass is 19.4. The third-order valence-corrected chi connectivity index (χ3v) is 4.84. The van der Waals surface area contributed by atoms with Crippen molar-refractivity contribution < 1.29 is 13.2 Å². The first kappa shape index (κ1) is 20.2. The fourth-order valence-corrected chi connectivity index (χ4v) is 3.49. The molecule has 152 valence electrons. The summed E-state index contributed by atoms with van der Waals surface area (Å²) in [6.07, 6.45) is -3.22. The Bertz CT molecular complexity index is 852. The van der Waals surface area contributed by atoms with Crippen molar-refractivity contribution in [3.8, 4) is 11.4 Å². The quantitative estimate of drug-likeness (QED) is 0.690. The molecule has 1 aromatic heterocycles. The van der Waals surface area contributed by atoms with Crippen molar-refractivity contribution in [1.29, 1.82) is 0 Å². The number of alkyl halides is 3. The molecule has 1 atom stereocenters. The summed E-state index contributed by atoms with van der Waals surface area (Å²) in [5, 5.41) is 3.30. The van der Waals surface area contributed by atoms with Crippen molar-refractivity contribution in [3.05, 3.63) is 29.5 Å². The number of nitrogens with zero attached hydrogens (tertiary/aromatic N) is 3. The van der Waals surface area contributed by atoms with Gasteiger partial charge in [0.2, 0.25) is 0 Å². The molecule has 0 radical (unpaired) electrons. The summed E-state index contributed by atoms with van der Waals surface area (Å²) in [5.74, 6) is 0.571. The van der Waals surface area contributed by atoms with Crippen LogP contribution in [-0.2, 0) is 12.6 Å². The van der Waals surface area contributed by atoms with E-state index in [1.807, 2.05) is 19.9 Å². The molecule has 0 bridgehead atoms. The van der Waals surface area contributed by atoms with Gasteiger partial charge in [0.05, 0.1) is 11.1 Å². The molecule has 0 saturated carbocycles. The van der Waals surface area contributed by atoms with Crippen LogP contribution < -0.4 is 21.7 Å². The van der Waals surface area contributed by atoms with Crippen LogP contribution in [0, 0.1) is 0 Å². The minimum absolute atomic E-state index is 0.0381. The SMILES string of the molecule is CCCc1cc(N2CCNCC2C)nc(-c2c(N)ccc(N)c2C(F)(F)F)n1. The fraction of sp³-hybridized carbons (Fsp3) is 0.474. The number of piperazine rings is 1. The maximum atomic E-state index is 13.7. The van der Waals surface area contributed by atoms with Crippen LogP contribution in [0.15, 0.2) is 18.2 Å². The zero-order valence-electron chi connectivity index (χ0n) is 16.0. The minimum atomic E-state index is -4.67. The van der Waals surface area contributed by atoms with Crippen LogP contribution in [-0.4, -0.2) is 35.6 Å². The van der Waals surface area contributed by atoms with E-state index in [9.17, 15) is 13.2 Å². The van der Waals surface area contributed by atoms with Crippen molar-refractivity contribution >= 4 is 17.2 Å². The summed E-state index contributed by atoms with van der Waals surface area (Å²) in [6, 6.07) is 4.54. The second-order valence-electron chi connectivity index (χ2n) is 7.03. The molecule has 3 rings (SSSR count). The van der Waals surface area contributed by atoms with E-state index >= 15 is 0 Å². The lowest BCUT2D eigenvalue weighted by Crippen LogP contribution is -2.50. The van der Waals surface area contributed by atoms with Gasteiger partial charge in [-0.3, -0.25) is 0 Å². The third-order valence-electron chi connectivity index (χ3n) is 4.84. The Morgan fingerprint density at radius 3 is 2.57 bits per heavy atom. The number of rotatable bonds is 4. The zero-order chi connectivity index (χ0) is 20.5. The van der Waals surface area contributed by atoms with E-state index in [-0.39, 0.29) is 23.1 Å². The smallest absolute Gasteiger partial charge is 0.398 e.